The Hall–Kier alpha value is -1.79. The van der Waals surface area contributed by atoms with Crippen LogP contribution in [0.1, 0.15) is 27.2 Å². The van der Waals surface area contributed by atoms with Gasteiger partial charge in [-0.15, -0.1) is 11.3 Å². The van der Waals surface area contributed by atoms with Crippen molar-refractivity contribution in [3.63, 3.8) is 0 Å². The molecule has 0 aliphatic heterocycles. The summed E-state index contributed by atoms with van der Waals surface area (Å²) in [5.41, 5.74) is 2.57. The fourth-order valence-corrected chi connectivity index (χ4v) is 3.47. The van der Waals surface area contributed by atoms with E-state index in [1.807, 2.05) is 11.4 Å². The highest BCUT2D eigenvalue weighted by atomic mass is 32.2. The molecule has 24 heavy (non-hydrogen) atoms. The van der Waals surface area contributed by atoms with E-state index in [1.54, 1.807) is 17.8 Å². The molecular weight excluding hydrogens is 340 g/mol. The minimum Gasteiger partial charge on any atom is -0.355 e. The third-order valence-corrected chi connectivity index (χ3v) is 5.24. The SMILES string of the molecule is Cc1ccc(CSCCNC(=O)CCNC(=O)c2cccs2)cc1. The Balaban J connectivity index is 1.50. The van der Waals surface area contributed by atoms with Crippen molar-refractivity contribution in [3.8, 4) is 0 Å². The number of aryl methyl sites for hydroxylation is 1. The Morgan fingerprint density at radius 3 is 2.58 bits per heavy atom. The van der Waals surface area contributed by atoms with Crippen molar-refractivity contribution in [3.05, 3.63) is 57.8 Å². The van der Waals surface area contributed by atoms with Crippen LogP contribution in [0.25, 0.3) is 0 Å². The molecule has 4 nitrogen and oxygen atoms in total. The maximum atomic E-state index is 11.7. The van der Waals surface area contributed by atoms with Gasteiger partial charge in [0.15, 0.2) is 0 Å². The fraction of sp³-hybridized carbons (Fsp3) is 0.333. The number of amides is 2. The second-order valence-corrected chi connectivity index (χ2v) is 7.42. The molecule has 0 radical (unpaired) electrons. The first-order valence-electron chi connectivity index (χ1n) is 7.87. The third kappa shape index (κ3) is 6.76. The molecule has 6 heteroatoms. The number of hydrogen-bond acceptors (Lipinski definition) is 4. The van der Waals surface area contributed by atoms with Gasteiger partial charge in [0.25, 0.3) is 5.91 Å². The molecule has 0 fully saturated rings. The largest absolute Gasteiger partial charge is 0.355 e. The first kappa shape index (κ1) is 18.5. The van der Waals surface area contributed by atoms with E-state index >= 15 is 0 Å². The van der Waals surface area contributed by atoms with Crippen LogP contribution in [-0.2, 0) is 10.5 Å². The summed E-state index contributed by atoms with van der Waals surface area (Å²) in [7, 11) is 0. The molecule has 1 aromatic heterocycles. The van der Waals surface area contributed by atoms with Crippen LogP contribution in [0.3, 0.4) is 0 Å². The summed E-state index contributed by atoms with van der Waals surface area (Å²) < 4.78 is 0. The molecule has 0 aliphatic carbocycles. The summed E-state index contributed by atoms with van der Waals surface area (Å²) >= 11 is 3.19. The van der Waals surface area contributed by atoms with Crippen molar-refractivity contribution in [2.45, 2.75) is 19.1 Å². The summed E-state index contributed by atoms with van der Waals surface area (Å²) in [6, 6.07) is 12.1. The summed E-state index contributed by atoms with van der Waals surface area (Å²) in [4.78, 5) is 24.1. The molecule has 2 amide bonds. The summed E-state index contributed by atoms with van der Waals surface area (Å²) in [6.45, 7) is 3.09. The first-order valence-corrected chi connectivity index (χ1v) is 9.90. The van der Waals surface area contributed by atoms with Crippen LogP contribution in [0.15, 0.2) is 41.8 Å². The Bertz CT molecular complexity index is 640. The van der Waals surface area contributed by atoms with Gasteiger partial charge in [0.05, 0.1) is 4.88 Å². The third-order valence-electron chi connectivity index (χ3n) is 3.34. The Labute approximate surface area is 151 Å². The van der Waals surface area contributed by atoms with E-state index in [0.717, 1.165) is 11.5 Å². The lowest BCUT2D eigenvalue weighted by atomic mass is 10.2. The van der Waals surface area contributed by atoms with Gasteiger partial charge in [-0.25, -0.2) is 0 Å². The van der Waals surface area contributed by atoms with Crippen molar-refractivity contribution in [2.24, 2.45) is 0 Å². The van der Waals surface area contributed by atoms with Crippen molar-refractivity contribution in [2.75, 3.05) is 18.8 Å². The number of thiophene rings is 1. The smallest absolute Gasteiger partial charge is 0.261 e. The Morgan fingerprint density at radius 1 is 1.08 bits per heavy atom. The van der Waals surface area contributed by atoms with Gasteiger partial charge in [0.2, 0.25) is 5.91 Å². The van der Waals surface area contributed by atoms with E-state index in [9.17, 15) is 9.59 Å². The number of rotatable bonds is 9. The van der Waals surface area contributed by atoms with Gasteiger partial charge < -0.3 is 10.6 Å². The highest BCUT2D eigenvalue weighted by Gasteiger charge is 2.06. The predicted octanol–water partition coefficient (Wildman–Crippen LogP) is 3.23. The van der Waals surface area contributed by atoms with Crippen molar-refractivity contribution < 1.29 is 9.59 Å². The van der Waals surface area contributed by atoms with E-state index in [4.69, 9.17) is 0 Å². The molecule has 1 aromatic carbocycles. The van der Waals surface area contributed by atoms with Crippen LogP contribution < -0.4 is 10.6 Å². The zero-order valence-electron chi connectivity index (χ0n) is 13.7. The molecule has 1 heterocycles. The molecular formula is C18H22N2O2S2. The topological polar surface area (TPSA) is 58.2 Å². The zero-order valence-corrected chi connectivity index (χ0v) is 15.3. The van der Waals surface area contributed by atoms with E-state index in [-0.39, 0.29) is 11.8 Å². The molecule has 2 aromatic rings. The van der Waals surface area contributed by atoms with E-state index < -0.39 is 0 Å². The lowest BCUT2D eigenvalue weighted by molar-refractivity contribution is -0.120. The number of carbonyl (C=O) groups is 2. The van der Waals surface area contributed by atoms with Gasteiger partial charge in [-0.1, -0.05) is 35.9 Å². The molecule has 0 unspecified atom stereocenters. The summed E-state index contributed by atoms with van der Waals surface area (Å²) in [5.74, 6) is 1.68. The summed E-state index contributed by atoms with van der Waals surface area (Å²) in [5, 5.41) is 7.48. The second-order valence-electron chi connectivity index (χ2n) is 5.37. The standard InChI is InChI=1S/C18H22N2O2S2/c1-14-4-6-15(7-5-14)13-23-12-10-19-17(21)8-9-20-18(22)16-3-2-11-24-16/h2-7,11H,8-10,12-13H2,1H3,(H,19,21)(H,20,22). The number of hydrogen-bond donors (Lipinski definition) is 2. The highest BCUT2D eigenvalue weighted by molar-refractivity contribution is 7.98. The lowest BCUT2D eigenvalue weighted by Crippen LogP contribution is -2.31. The number of carbonyl (C=O) groups excluding carboxylic acids is 2. The minimum absolute atomic E-state index is 0.0302. The second kappa shape index (κ2) is 10.2. The normalized spacial score (nSPS) is 10.4. The molecule has 128 valence electrons. The van der Waals surface area contributed by atoms with Gasteiger partial charge in [0.1, 0.15) is 0 Å². The van der Waals surface area contributed by atoms with Gasteiger partial charge in [-0.2, -0.15) is 11.8 Å². The van der Waals surface area contributed by atoms with Crippen molar-refractivity contribution >= 4 is 34.9 Å². The first-order chi connectivity index (χ1) is 11.6. The van der Waals surface area contributed by atoms with Crippen molar-refractivity contribution in [1.82, 2.24) is 10.6 Å². The molecule has 0 saturated carbocycles. The molecule has 0 bridgehead atoms. The van der Waals surface area contributed by atoms with Crippen LogP contribution in [0.2, 0.25) is 0 Å². The molecule has 2 N–H and O–H groups in total. The average molecular weight is 363 g/mol. The number of nitrogens with one attached hydrogen (secondary N) is 2. The van der Waals surface area contributed by atoms with Gasteiger partial charge in [-0.05, 0) is 23.9 Å². The maximum absolute atomic E-state index is 11.7. The quantitative estimate of drug-likeness (QED) is 0.674. The maximum Gasteiger partial charge on any atom is 0.261 e. The van der Waals surface area contributed by atoms with Crippen LogP contribution in [0, 0.1) is 6.92 Å². The van der Waals surface area contributed by atoms with E-state index in [1.165, 1.54) is 22.5 Å². The molecule has 0 aliphatic rings. The van der Waals surface area contributed by atoms with Gasteiger partial charge in [0, 0.05) is 31.0 Å². The molecule has 0 spiro atoms. The molecule has 0 atom stereocenters. The van der Waals surface area contributed by atoms with Crippen LogP contribution in [-0.4, -0.2) is 30.7 Å². The number of thioether (sulfide) groups is 1. The Morgan fingerprint density at radius 2 is 1.88 bits per heavy atom. The lowest BCUT2D eigenvalue weighted by Gasteiger charge is -2.06. The summed E-state index contributed by atoms with van der Waals surface area (Å²) in [6.07, 6.45) is 0.305. The van der Waals surface area contributed by atoms with Crippen molar-refractivity contribution in [1.29, 1.82) is 0 Å². The highest BCUT2D eigenvalue weighted by Crippen LogP contribution is 2.12. The number of benzene rings is 1. The minimum atomic E-state index is -0.119. The Kier molecular flexibility index (Phi) is 7.85. The predicted molar refractivity (Wildman–Crippen MR) is 102 cm³/mol. The average Bonchev–Trinajstić information content (AvgIpc) is 3.11. The van der Waals surface area contributed by atoms with Crippen LogP contribution >= 0.6 is 23.1 Å². The zero-order chi connectivity index (χ0) is 17.2. The molecule has 0 saturated heterocycles. The fourth-order valence-electron chi connectivity index (χ4n) is 2.01. The van der Waals surface area contributed by atoms with E-state index in [2.05, 4.69) is 41.8 Å². The van der Waals surface area contributed by atoms with Crippen LogP contribution in [0.4, 0.5) is 0 Å². The molecule has 2 rings (SSSR count). The van der Waals surface area contributed by atoms with E-state index in [0.29, 0.717) is 24.4 Å². The van der Waals surface area contributed by atoms with Crippen LogP contribution in [0.5, 0.6) is 0 Å². The van der Waals surface area contributed by atoms with Gasteiger partial charge >= 0.3 is 0 Å². The monoisotopic (exact) mass is 362 g/mol. The van der Waals surface area contributed by atoms with Gasteiger partial charge in [-0.3, -0.25) is 9.59 Å².